The summed E-state index contributed by atoms with van der Waals surface area (Å²) in [6.45, 7) is 0.871. The fourth-order valence-electron chi connectivity index (χ4n) is 3.45. The summed E-state index contributed by atoms with van der Waals surface area (Å²) in [7, 11) is 0. The average molecular weight is 481 g/mol. The van der Waals surface area contributed by atoms with Crippen LogP contribution in [0.3, 0.4) is 0 Å². The van der Waals surface area contributed by atoms with Gasteiger partial charge in [0.15, 0.2) is 5.82 Å². The Morgan fingerprint density at radius 2 is 1.65 bits per heavy atom. The molecule has 1 aromatic heterocycles. The van der Waals surface area contributed by atoms with E-state index in [0.29, 0.717) is 51.0 Å². The molecule has 0 spiro atoms. The lowest BCUT2D eigenvalue weighted by Gasteiger charge is -2.21. The molecule has 2 atom stereocenters. The third-order valence-corrected chi connectivity index (χ3v) is 6.16. The van der Waals surface area contributed by atoms with Gasteiger partial charge >= 0.3 is 0 Å². The van der Waals surface area contributed by atoms with Crippen molar-refractivity contribution in [3.05, 3.63) is 71.2 Å². The second kappa shape index (κ2) is 13.5. The molecule has 180 valence electrons. The lowest BCUT2D eigenvalue weighted by molar-refractivity contribution is -0.129. The Morgan fingerprint density at radius 3 is 2.35 bits per heavy atom. The van der Waals surface area contributed by atoms with E-state index in [4.69, 9.17) is 11.5 Å². The van der Waals surface area contributed by atoms with Gasteiger partial charge in [-0.1, -0.05) is 60.7 Å². The third kappa shape index (κ3) is 8.02. The molecule has 3 aromatic rings. The van der Waals surface area contributed by atoms with Crippen LogP contribution in [0.4, 0.5) is 0 Å². The number of aromatic nitrogens is 2. The predicted octanol–water partition coefficient (Wildman–Crippen LogP) is 2.05. The highest BCUT2D eigenvalue weighted by Crippen LogP contribution is 2.17. The van der Waals surface area contributed by atoms with Crippen molar-refractivity contribution in [2.75, 3.05) is 13.1 Å². The molecule has 9 heteroatoms. The van der Waals surface area contributed by atoms with Crippen molar-refractivity contribution in [3.63, 3.8) is 0 Å². The Morgan fingerprint density at radius 1 is 0.941 bits per heavy atom. The van der Waals surface area contributed by atoms with E-state index in [0.717, 1.165) is 16.1 Å². The topological polar surface area (TPSA) is 136 Å². The molecule has 34 heavy (non-hydrogen) atoms. The third-order valence-electron chi connectivity index (χ3n) is 5.39. The number of carbonyl (C=O) groups excluding carboxylic acids is 2. The Balaban J connectivity index is 1.55. The zero-order valence-corrected chi connectivity index (χ0v) is 20.0. The van der Waals surface area contributed by atoms with Crippen LogP contribution in [0.5, 0.6) is 0 Å². The fraction of sp³-hybridized carbons (Fsp3) is 0.360. The van der Waals surface area contributed by atoms with Crippen LogP contribution in [0, 0.1) is 0 Å². The number of benzene rings is 2. The van der Waals surface area contributed by atoms with Crippen LogP contribution in [-0.4, -0.2) is 46.3 Å². The van der Waals surface area contributed by atoms with E-state index in [1.54, 1.807) is 0 Å². The molecule has 0 unspecified atom stereocenters. The van der Waals surface area contributed by atoms with Crippen molar-refractivity contribution in [1.29, 1.82) is 0 Å². The van der Waals surface area contributed by atoms with E-state index < -0.39 is 12.1 Å². The molecule has 8 nitrogen and oxygen atoms in total. The van der Waals surface area contributed by atoms with Crippen LogP contribution in [0.25, 0.3) is 11.4 Å². The first-order valence-corrected chi connectivity index (χ1v) is 12.3. The van der Waals surface area contributed by atoms with Gasteiger partial charge in [-0.2, -0.15) is 4.37 Å². The maximum atomic E-state index is 12.9. The van der Waals surface area contributed by atoms with Crippen molar-refractivity contribution in [1.82, 2.24) is 20.0 Å². The standard InChI is InChI=1S/C25H32N6O2S/c26-16-7-12-20(27)24(32)29-21(14-13-18-8-3-1-4-9-18)25(33)28-17-15-22-30-23(31-34-22)19-10-5-2-6-11-19/h1-6,8-11,20-21H,7,12-17,26-27H2,(H,28,33)(H,29,32)/t20-,21+/m0/s1. The lowest BCUT2D eigenvalue weighted by Crippen LogP contribution is -2.52. The smallest absolute Gasteiger partial charge is 0.242 e. The Bertz CT molecular complexity index is 1030. The van der Waals surface area contributed by atoms with Crippen molar-refractivity contribution in [2.45, 2.75) is 44.2 Å². The summed E-state index contributed by atoms with van der Waals surface area (Å²) in [6, 6.07) is 18.3. The summed E-state index contributed by atoms with van der Waals surface area (Å²) in [5.41, 5.74) is 13.6. The minimum atomic E-state index is -0.687. The molecule has 0 saturated heterocycles. The van der Waals surface area contributed by atoms with Crippen molar-refractivity contribution < 1.29 is 9.59 Å². The van der Waals surface area contributed by atoms with Gasteiger partial charge in [-0.15, -0.1) is 0 Å². The zero-order chi connectivity index (χ0) is 24.2. The second-order valence-electron chi connectivity index (χ2n) is 8.04. The van der Waals surface area contributed by atoms with E-state index in [1.165, 1.54) is 11.5 Å². The number of hydrogen-bond donors (Lipinski definition) is 4. The van der Waals surface area contributed by atoms with E-state index in [9.17, 15) is 9.59 Å². The lowest BCUT2D eigenvalue weighted by atomic mass is 10.0. The fourth-order valence-corrected chi connectivity index (χ4v) is 4.11. The minimum absolute atomic E-state index is 0.233. The SMILES string of the molecule is NCCC[C@H](N)C(=O)N[C@H](CCc1ccccc1)C(=O)NCCc1nc(-c2ccccc2)ns1. The van der Waals surface area contributed by atoms with Gasteiger partial charge in [0.05, 0.1) is 6.04 Å². The van der Waals surface area contributed by atoms with Gasteiger partial charge < -0.3 is 22.1 Å². The van der Waals surface area contributed by atoms with Gasteiger partial charge in [-0.05, 0) is 49.3 Å². The largest absolute Gasteiger partial charge is 0.354 e. The van der Waals surface area contributed by atoms with Gasteiger partial charge in [-0.25, -0.2) is 4.98 Å². The highest BCUT2D eigenvalue weighted by Gasteiger charge is 2.23. The van der Waals surface area contributed by atoms with E-state index >= 15 is 0 Å². The van der Waals surface area contributed by atoms with Crippen LogP contribution in [0.1, 0.15) is 29.8 Å². The maximum absolute atomic E-state index is 12.9. The first kappa shape index (κ1) is 25.5. The highest BCUT2D eigenvalue weighted by molar-refractivity contribution is 7.05. The summed E-state index contributed by atoms with van der Waals surface area (Å²) in [5.74, 6) is 0.118. The normalized spacial score (nSPS) is 12.6. The number of nitrogens with one attached hydrogen (secondary N) is 2. The monoisotopic (exact) mass is 480 g/mol. The van der Waals surface area contributed by atoms with Crippen molar-refractivity contribution in [2.24, 2.45) is 11.5 Å². The second-order valence-corrected chi connectivity index (χ2v) is 8.88. The molecule has 0 bridgehead atoms. The number of nitrogens with zero attached hydrogens (tertiary/aromatic N) is 2. The molecule has 0 fully saturated rings. The summed E-state index contributed by atoms with van der Waals surface area (Å²) in [5, 5.41) is 6.60. The number of rotatable bonds is 13. The predicted molar refractivity (Wildman–Crippen MR) is 135 cm³/mol. The molecule has 1 heterocycles. The summed E-state index contributed by atoms with van der Waals surface area (Å²) >= 11 is 1.33. The summed E-state index contributed by atoms with van der Waals surface area (Å²) in [4.78, 5) is 30.0. The van der Waals surface area contributed by atoms with Crippen LogP contribution in [-0.2, 0) is 22.4 Å². The van der Waals surface area contributed by atoms with Crippen LogP contribution in [0.2, 0.25) is 0 Å². The van der Waals surface area contributed by atoms with Gasteiger partial charge in [0, 0.05) is 18.5 Å². The van der Waals surface area contributed by atoms with Gasteiger partial charge in [0.1, 0.15) is 11.0 Å². The molecule has 6 N–H and O–H groups in total. The molecule has 2 amide bonds. The summed E-state index contributed by atoms with van der Waals surface area (Å²) < 4.78 is 4.40. The van der Waals surface area contributed by atoms with E-state index in [2.05, 4.69) is 20.0 Å². The van der Waals surface area contributed by atoms with Crippen molar-refractivity contribution >= 4 is 23.3 Å². The maximum Gasteiger partial charge on any atom is 0.242 e. The number of hydrogen-bond acceptors (Lipinski definition) is 7. The zero-order valence-electron chi connectivity index (χ0n) is 19.2. The molecule has 0 saturated carbocycles. The Hall–Kier alpha value is -3.14. The molecule has 2 aromatic carbocycles. The van der Waals surface area contributed by atoms with Crippen LogP contribution < -0.4 is 22.1 Å². The van der Waals surface area contributed by atoms with Gasteiger partial charge in [0.25, 0.3) is 0 Å². The van der Waals surface area contributed by atoms with E-state index in [-0.39, 0.29) is 11.8 Å². The first-order chi connectivity index (χ1) is 16.6. The molecule has 0 aliphatic heterocycles. The number of carbonyl (C=O) groups is 2. The quantitative estimate of drug-likeness (QED) is 0.296. The molecule has 0 aliphatic carbocycles. The summed E-state index contributed by atoms with van der Waals surface area (Å²) in [6.07, 6.45) is 2.83. The van der Waals surface area contributed by atoms with Gasteiger partial charge in [0.2, 0.25) is 11.8 Å². The molecular formula is C25H32N6O2S. The number of aryl methyl sites for hydroxylation is 1. The molecule has 0 radical (unpaired) electrons. The molecule has 0 aliphatic rings. The Labute approximate surface area is 204 Å². The highest BCUT2D eigenvalue weighted by atomic mass is 32.1. The van der Waals surface area contributed by atoms with E-state index in [1.807, 2.05) is 60.7 Å². The Kier molecular flexibility index (Phi) is 10.1. The van der Waals surface area contributed by atoms with Gasteiger partial charge in [-0.3, -0.25) is 9.59 Å². The van der Waals surface area contributed by atoms with Crippen LogP contribution in [0.15, 0.2) is 60.7 Å². The minimum Gasteiger partial charge on any atom is -0.354 e. The number of nitrogens with two attached hydrogens (primary N) is 2. The molecular weight excluding hydrogens is 448 g/mol. The van der Waals surface area contributed by atoms with Crippen LogP contribution >= 0.6 is 11.5 Å². The average Bonchev–Trinajstić information content (AvgIpc) is 3.35. The van der Waals surface area contributed by atoms with Crippen molar-refractivity contribution in [3.8, 4) is 11.4 Å². The number of amides is 2. The first-order valence-electron chi connectivity index (χ1n) is 11.5. The molecule has 3 rings (SSSR count).